The second kappa shape index (κ2) is 10.9. The second-order valence-corrected chi connectivity index (χ2v) is 9.17. The van der Waals surface area contributed by atoms with E-state index < -0.39 is 19.5 Å². The molecule has 0 aromatic heterocycles. The molecular formula is C19H28N5O6P. The monoisotopic (exact) mass is 453 g/mol. The standard InChI is InChI=1S/C19H28N5O6P/c1-14(10-24-12-21-16-17(24)22-19(20)23-18(16)25)28-13-31(26,29-9-8-27-2)30-11-15-6-4-3-5-7-15/h4,6-7,12,14,16H,3,5,8-11,13H2,1-2H3,(H2,20,23,25). The lowest BCUT2D eigenvalue weighted by atomic mass is 10.1. The van der Waals surface area contributed by atoms with Gasteiger partial charge in [-0.05, 0) is 25.3 Å². The van der Waals surface area contributed by atoms with Gasteiger partial charge >= 0.3 is 7.60 Å². The van der Waals surface area contributed by atoms with E-state index in [1.165, 1.54) is 13.4 Å². The summed E-state index contributed by atoms with van der Waals surface area (Å²) in [7, 11) is -1.98. The van der Waals surface area contributed by atoms with Gasteiger partial charge in [0, 0.05) is 7.11 Å². The van der Waals surface area contributed by atoms with E-state index in [1.54, 1.807) is 11.8 Å². The molecule has 1 amide bonds. The van der Waals surface area contributed by atoms with Gasteiger partial charge in [-0.3, -0.25) is 14.4 Å². The number of carbonyl (C=O) groups is 1. The molecule has 2 aliphatic heterocycles. The third kappa shape index (κ3) is 6.65. The summed E-state index contributed by atoms with van der Waals surface area (Å²) in [6, 6.07) is -0.775. The topological polar surface area (TPSA) is 137 Å². The molecular weight excluding hydrogens is 425 g/mol. The quantitative estimate of drug-likeness (QED) is 0.346. The van der Waals surface area contributed by atoms with Crippen LogP contribution in [-0.2, 0) is 27.9 Å². The molecule has 0 bridgehead atoms. The number of fused-ring (bicyclic) bond motifs is 1. The van der Waals surface area contributed by atoms with Crippen molar-refractivity contribution in [3.63, 3.8) is 0 Å². The van der Waals surface area contributed by atoms with Gasteiger partial charge in [0.2, 0.25) is 5.96 Å². The highest BCUT2D eigenvalue weighted by molar-refractivity contribution is 7.53. The summed E-state index contributed by atoms with van der Waals surface area (Å²) in [5.74, 6) is -0.152. The van der Waals surface area contributed by atoms with Crippen LogP contribution in [0.5, 0.6) is 0 Å². The number of nitrogens with two attached hydrogens (primary N) is 1. The zero-order valence-corrected chi connectivity index (χ0v) is 18.6. The first-order valence-corrected chi connectivity index (χ1v) is 11.7. The zero-order chi connectivity index (χ0) is 22.3. The van der Waals surface area contributed by atoms with Crippen LogP contribution < -0.4 is 5.73 Å². The number of hydrogen-bond acceptors (Lipinski definition) is 10. The van der Waals surface area contributed by atoms with Crippen LogP contribution in [0.2, 0.25) is 0 Å². The van der Waals surface area contributed by atoms with Gasteiger partial charge in [0.1, 0.15) is 12.2 Å². The average molecular weight is 453 g/mol. The first-order valence-electron chi connectivity index (χ1n) is 10.0. The number of nitrogens with zero attached hydrogens (tertiary/aromatic N) is 4. The molecule has 2 heterocycles. The number of guanidine groups is 1. The summed E-state index contributed by atoms with van der Waals surface area (Å²) < 4.78 is 35.0. The van der Waals surface area contributed by atoms with Gasteiger partial charge in [-0.1, -0.05) is 18.2 Å². The fourth-order valence-electron chi connectivity index (χ4n) is 3.05. The lowest BCUT2D eigenvalue weighted by molar-refractivity contribution is -0.117. The number of allylic oxidation sites excluding steroid dienone is 2. The Kier molecular flexibility index (Phi) is 8.28. The maximum atomic E-state index is 13.2. The van der Waals surface area contributed by atoms with E-state index in [2.05, 4.69) is 21.1 Å². The third-order valence-corrected chi connectivity index (χ3v) is 6.19. The van der Waals surface area contributed by atoms with Crippen molar-refractivity contribution in [1.29, 1.82) is 0 Å². The van der Waals surface area contributed by atoms with Gasteiger partial charge in [0.05, 0.1) is 38.8 Å². The molecule has 0 fully saturated rings. The highest BCUT2D eigenvalue weighted by Crippen LogP contribution is 2.48. The zero-order valence-electron chi connectivity index (χ0n) is 17.7. The van der Waals surface area contributed by atoms with Crippen LogP contribution in [0.15, 0.2) is 38.8 Å². The Morgan fingerprint density at radius 2 is 2.13 bits per heavy atom. The van der Waals surface area contributed by atoms with Crippen LogP contribution in [0.25, 0.3) is 0 Å². The molecule has 0 saturated carbocycles. The van der Waals surface area contributed by atoms with Crippen LogP contribution >= 0.6 is 7.60 Å². The molecule has 3 unspecified atom stereocenters. The molecule has 0 radical (unpaired) electrons. The predicted octanol–water partition coefficient (Wildman–Crippen LogP) is 1.46. The number of carbonyl (C=O) groups excluding carboxylic acids is 1. The summed E-state index contributed by atoms with van der Waals surface area (Å²) in [6.07, 6.45) is 8.86. The van der Waals surface area contributed by atoms with Crippen molar-refractivity contribution in [2.24, 2.45) is 20.7 Å². The number of hydrogen-bond donors (Lipinski definition) is 1. The summed E-state index contributed by atoms with van der Waals surface area (Å²) in [5, 5.41) is 0. The van der Waals surface area contributed by atoms with E-state index in [-0.39, 0.29) is 38.2 Å². The maximum absolute atomic E-state index is 13.2. The number of amidine groups is 1. The molecule has 0 spiro atoms. The Labute approximate surface area is 181 Å². The molecule has 31 heavy (non-hydrogen) atoms. The third-order valence-electron chi connectivity index (χ3n) is 4.63. The van der Waals surface area contributed by atoms with Crippen molar-refractivity contribution in [1.82, 2.24) is 4.90 Å². The van der Waals surface area contributed by atoms with Crippen LogP contribution in [0.1, 0.15) is 19.8 Å². The van der Waals surface area contributed by atoms with Crippen molar-refractivity contribution in [2.75, 3.05) is 39.8 Å². The SMILES string of the molecule is COCCOP(=O)(COC(C)CN1C=NC2C(=O)N=C(N)N=C21)OCC1=CCCC=C1. The summed E-state index contributed by atoms with van der Waals surface area (Å²) in [5.41, 5.74) is 6.53. The molecule has 0 saturated heterocycles. The Balaban J connectivity index is 1.54. The largest absolute Gasteiger partial charge is 0.382 e. The Bertz CT molecular complexity index is 868. The van der Waals surface area contributed by atoms with E-state index >= 15 is 0 Å². The number of ether oxygens (including phenoxy) is 2. The normalized spacial score (nSPS) is 23.2. The predicted molar refractivity (Wildman–Crippen MR) is 116 cm³/mol. The van der Waals surface area contributed by atoms with Gasteiger partial charge < -0.3 is 29.2 Å². The van der Waals surface area contributed by atoms with Crippen molar-refractivity contribution in [3.05, 3.63) is 23.8 Å². The highest BCUT2D eigenvalue weighted by Gasteiger charge is 2.36. The molecule has 170 valence electrons. The lowest BCUT2D eigenvalue weighted by Crippen LogP contribution is -2.42. The minimum Gasteiger partial charge on any atom is -0.382 e. The molecule has 2 N–H and O–H groups in total. The highest BCUT2D eigenvalue weighted by atomic mass is 31.2. The first-order chi connectivity index (χ1) is 14.9. The molecule has 11 nitrogen and oxygen atoms in total. The molecule has 3 rings (SSSR count). The average Bonchev–Trinajstić information content (AvgIpc) is 3.15. The summed E-state index contributed by atoms with van der Waals surface area (Å²) in [6.45, 7) is 2.71. The molecule has 3 aliphatic rings. The second-order valence-electron chi connectivity index (χ2n) is 7.17. The van der Waals surface area contributed by atoms with Gasteiger partial charge in [0.15, 0.2) is 6.04 Å². The van der Waals surface area contributed by atoms with Crippen molar-refractivity contribution < 1.29 is 27.9 Å². The van der Waals surface area contributed by atoms with Gasteiger partial charge in [0.25, 0.3) is 5.91 Å². The molecule has 0 aromatic rings. The number of methoxy groups -OCH3 is 1. The van der Waals surface area contributed by atoms with E-state index in [0.29, 0.717) is 12.4 Å². The van der Waals surface area contributed by atoms with Crippen LogP contribution in [0.3, 0.4) is 0 Å². The smallest absolute Gasteiger partial charge is 0.356 e. The Morgan fingerprint density at radius 3 is 2.87 bits per heavy atom. The number of amides is 1. The van der Waals surface area contributed by atoms with E-state index in [0.717, 1.165) is 18.4 Å². The molecule has 1 aliphatic carbocycles. The fraction of sp³-hybridized carbons (Fsp3) is 0.579. The Hall–Kier alpha value is -2.17. The minimum atomic E-state index is -3.52. The van der Waals surface area contributed by atoms with Crippen LogP contribution in [-0.4, -0.2) is 80.9 Å². The minimum absolute atomic E-state index is 0.101. The van der Waals surface area contributed by atoms with Gasteiger partial charge in [-0.2, -0.15) is 9.98 Å². The van der Waals surface area contributed by atoms with Crippen LogP contribution in [0, 0.1) is 0 Å². The molecule has 12 heteroatoms. The van der Waals surface area contributed by atoms with E-state index in [9.17, 15) is 9.36 Å². The fourth-order valence-corrected chi connectivity index (χ4v) is 4.41. The first kappa shape index (κ1) is 23.5. The lowest BCUT2D eigenvalue weighted by Gasteiger charge is -2.25. The molecule has 3 atom stereocenters. The molecule has 0 aromatic carbocycles. The van der Waals surface area contributed by atoms with Crippen LogP contribution in [0.4, 0.5) is 0 Å². The van der Waals surface area contributed by atoms with Crippen molar-refractivity contribution >= 4 is 31.6 Å². The van der Waals surface area contributed by atoms with Gasteiger partial charge in [-0.15, -0.1) is 0 Å². The summed E-state index contributed by atoms with van der Waals surface area (Å²) in [4.78, 5) is 25.4. The van der Waals surface area contributed by atoms with Gasteiger partial charge in [-0.25, -0.2) is 0 Å². The van der Waals surface area contributed by atoms with Crippen molar-refractivity contribution in [3.8, 4) is 0 Å². The maximum Gasteiger partial charge on any atom is 0.356 e. The number of rotatable bonds is 12. The summed E-state index contributed by atoms with van der Waals surface area (Å²) >= 11 is 0. The van der Waals surface area contributed by atoms with E-state index in [4.69, 9.17) is 24.3 Å². The van der Waals surface area contributed by atoms with Crippen molar-refractivity contribution in [2.45, 2.75) is 31.9 Å². The Morgan fingerprint density at radius 1 is 1.29 bits per heavy atom. The van der Waals surface area contributed by atoms with E-state index in [1.807, 2.05) is 12.2 Å². The number of aliphatic imine (C=N–C) groups is 3.